The Bertz CT molecular complexity index is 569. The van der Waals surface area contributed by atoms with Gasteiger partial charge in [-0.15, -0.1) is 24.0 Å². The maximum absolute atomic E-state index is 10.6. The fraction of sp³-hybridized carbons (Fsp3) is 0.667. The van der Waals surface area contributed by atoms with Crippen LogP contribution in [0.25, 0.3) is 0 Å². The second-order valence-electron chi connectivity index (χ2n) is 7.68. The number of aliphatic imine (C=N–C) groups is 1. The van der Waals surface area contributed by atoms with E-state index < -0.39 is 5.60 Å². The lowest BCUT2D eigenvalue weighted by molar-refractivity contribution is 0.0574. The summed E-state index contributed by atoms with van der Waals surface area (Å²) in [7, 11) is 0. The second kappa shape index (κ2) is 11.2. The van der Waals surface area contributed by atoms with Crippen molar-refractivity contribution in [3.05, 3.63) is 35.9 Å². The first-order valence-corrected chi connectivity index (χ1v) is 10.2. The molecule has 1 atom stereocenters. The van der Waals surface area contributed by atoms with Gasteiger partial charge in [0.25, 0.3) is 0 Å². The van der Waals surface area contributed by atoms with Crippen molar-refractivity contribution >= 4 is 29.9 Å². The van der Waals surface area contributed by atoms with Crippen molar-refractivity contribution in [2.45, 2.75) is 57.1 Å². The molecular weight excluding hydrogens is 451 g/mol. The smallest absolute Gasteiger partial charge is 0.191 e. The average molecular weight is 486 g/mol. The summed E-state index contributed by atoms with van der Waals surface area (Å²) in [6.45, 7) is 6.54. The van der Waals surface area contributed by atoms with Crippen LogP contribution in [-0.4, -0.2) is 54.3 Å². The molecule has 2 fully saturated rings. The van der Waals surface area contributed by atoms with Gasteiger partial charge in [0.2, 0.25) is 0 Å². The van der Waals surface area contributed by atoms with Gasteiger partial charge in [0.1, 0.15) is 0 Å². The van der Waals surface area contributed by atoms with Gasteiger partial charge in [-0.05, 0) is 51.3 Å². The van der Waals surface area contributed by atoms with Gasteiger partial charge >= 0.3 is 0 Å². The van der Waals surface area contributed by atoms with Crippen molar-refractivity contribution in [3.63, 3.8) is 0 Å². The van der Waals surface area contributed by atoms with E-state index in [-0.39, 0.29) is 24.0 Å². The Morgan fingerprint density at radius 3 is 2.41 bits per heavy atom. The van der Waals surface area contributed by atoms with Crippen molar-refractivity contribution in [2.24, 2.45) is 4.99 Å². The molecule has 0 radical (unpaired) electrons. The molecular formula is C21H35IN4O. The zero-order chi connectivity index (χ0) is 18.2. The van der Waals surface area contributed by atoms with Gasteiger partial charge in [0.15, 0.2) is 5.96 Å². The molecule has 0 amide bonds. The largest absolute Gasteiger partial charge is 0.388 e. The minimum Gasteiger partial charge on any atom is -0.388 e. The molecule has 0 aromatic heterocycles. The molecule has 1 aliphatic carbocycles. The molecule has 5 nitrogen and oxygen atoms in total. The number of nitrogens with zero attached hydrogens (tertiary/aromatic N) is 2. The lowest BCUT2D eigenvalue weighted by Crippen LogP contribution is -2.43. The third-order valence-electron chi connectivity index (χ3n) is 5.64. The predicted molar refractivity (Wildman–Crippen MR) is 123 cm³/mol. The van der Waals surface area contributed by atoms with Crippen LogP contribution in [0.4, 0.5) is 0 Å². The number of aliphatic hydroxyl groups is 1. The number of likely N-dealkylation sites (tertiary alicyclic amines) is 1. The van der Waals surface area contributed by atoms with E-state index in [1.807, 2.05) is 0 Å². The predicted octanol–water partition coefficient (Wildman–Crippen LogP) is 3.30. The Morgan fingerprint density at radius 2 is 1.78 bits per heavy atom. The summed E-state index contributed by atoms with van der Waals surface area (Å²) in [5.74, 6) is 0.813. The van der Waals surface area contributed by atoms with Crippen LogP contribution in [0.15, 0.2) is 35.3 Å². The molecule has 1 unspecified atom stereocenters. The highest BCUT2D eigenvalue weighted by molar-refractivity contribution is 14.0. The summed E-state index contributed by atoms with van der Waals surface area (Å²) in [6, 6.07) is 11.1. The van der Waals surface area contributed by atoms with Crippen LogP contribution >= 0.6 is 24.0 Å². The summed E-state index contributed by atoms with van der Waals surface area (Å²) >= 11 is 0. The fourth-order valence-electron chi connectivity index (χ4n) is 4.14. The molecule has 1 aliphatic heterocycles. The third kappa shape index (κ3) is 6.61. The van der Waals surface area contributed by atoms with Gasteiger partial charge in [-0.1, -0.05) is 43.2 Å². The number of hydrogen-bond acceptors (Lipinski definition) is 3. The number of guanidine groups is 1. The summed E-state index contributed by atoms with van der Waals surface area (Å²) in [6.07, 6.45) is 6.53. The Morgan fingerprint density at radius 1 is 1.11 bits per heavy atom. The molecule has 0 bridgehead atoms. The minimum absolute atomic E-state index is 0. The highest BCUT2D eigenvalue weighted by Crippen LogP contribution is 2.29. The van der Waals surface area contributed by atoms with Crippen LogP contribution in [0.3, 0.4) is 0 Å². The minimum atomic E-state index is -0.601. The zero-order valence-electron chi connectivity index (χ0n) is 16.5. The molecule has 2 aliphatic rings. The van der Waals surface area contributed by atoms with E-state index >= 15 is 0 Å². The maximum Gasteiger partial charge on any atom is 0.191 e. The summed E-state index contributed by atoms with van der Waals surface area (Å²) < 4.78 is 0. The van der Waals surface area contributed by atoms with Crippen molar-refractivity contribution < 1.29 is 5.11 Å². The molecule has 1 saturated heterocycles. The van der Waals surface area contributed by atoms with Gasteiger partial charge < -0.3 is 15.7 Å². The first-order chi connectivity index (χ1) is 12.7. The average Bonchev–Trinajstić information content (AvgIpc) is 3.33. The fourth-order valence-corrected chi connectivity index (χ4v) is 4.14. The van der Waals surface area contributed by atoms with Crippen molar-refractivity contribution in [1.82, 2.24) is 15.5 Å². The van der Waals surface area contributed by atoms with Crippen LogP contribution in [0.1, 0.15) is 57.1 Å². The standard InChI is InChI=1S/C21H34N4O.HI/c1-2-22-20(24-17-21(26)12-6-7-13-21)23-16-19(25-14-8-9-15-25)18-10-4-3-5-11-18;/h3-5,10-11,19,26H,2,6-9,12-17H2,1H3,(H2,22,23,24);1H. The van der Waals surface area contributed by atoms with Crippen LogP contribution in [0.2, 0.25) is 0 Å². The number of benzene rings is 1. The Kier molecular flexibility index (Phi) is 9.32. The van der Waals surface area contributed by atoms with Crippen molar-refractivity contribution in [3.8, 4) is 0 Å². The molecule has 152 valence electrons. The molecule has 1 aromatic carbocycles. The van der Waals surface area contributed by atoms with Gasteiger partial charge in [0, 0.05) is 13.1 Å². The van der Waals surface area contributed by atoms with E-state index in [4.69, 9.17) is 0 Å². The van der Waals surface area contributed by atoms with E-state index in [2.05, 4.69) is 57.8 Å². The number of nitrogens with one attached hydrogen (secondary N) is 2. The maximum atomic E-state index is 10.6. The van der Waals surface area contributed by atoms with Crippen molar-refractivity contribution in [1.29, 1.82) is 0 Å². The highest BCUT2D eigenvalue weighted by atomic mass is 127. The Balaban J connectivity index is 0.00000261. The first-order valence-electron chi connectivity index (χ1n) is 10.2. The molecule has 1 saturated carbocycles. The highest BCUT2D eigenvalue weighted by Gasteiger charge is 2.31. The summed E-state index contributed by atoms with van der Waals surface area (Å²) in [4.78, 5) is 7.25. The van der Waals surface area contributed by atoms with Crippen LogP contribution in [0, 0.1) is 0 Å². The second-order valence-corrected chi connectivity index (χ2v) is 7.68. The van der Waals surface area contributed by atoms with Crippen LogP contribution < -0.4 is 10.6 Å². The first kappa shape index (κ1) is 22.4. The molecule has 3 rings (SSSR count). The molecule has 1 aromatic rings. The van der Waals surface area contributed by atoms with Crippen LogP contribution in [0.5, 0.6) is 0 Å². The van der Waals surface area contributed by atoms with E-state index in [0.29, 0.717) is 12.6 Å². The lowest BCUT2D eigenvalue weighted by atomic mass is 10.0. The van der Waals surface area contributed by atoms with E-state index in [0.717, 1.165) is 57.8 Å². The number of hydrogen-bond donors (Lipinski definition) is 3. The molecule has 6 heteroatoms. The van der Waals surface area contributed by atoms with E-state index in [1.54, 1.807) is 0 Å². The molecule has 1 heterocycles. The summed E-state index contributed by atoms with van der Waals surface area (Å²) in [5, 5.41) is 17.4. The van der Waals surface area contributed by atoms with Gasteiger partial charge in [0.05, 0.1) is 18.2 Å². The Hall–Kier alpha value is -0.860. The number of rotatable bonds is 7. The quantitative estimate of drug-likeness (QED) is 0.315. The monoisotopic (exact) mass is 486 g/mol. The molecule has 0 spiro atoms. The van der Waals surface area contributed by atoms with E-state index in [1.165, 1.54) is 18.4 Å². The lowest BCUT2D eigenvalue weighted by Gasteiger charge is -2.29. The third-order valence-corrected chi connectivity index (χ3v) is 5.64. The van der Waals surface area contributed by atoms with Gasteiger partial charge in [-0.2, -0.15) is 0 Å². The van der Waals surface area contributed by atoms with Crippen LogP contribution in [-0.2, 0) is 0 Å². The zero-order valence-corrected chi connectivity index (χ0v) is 18.8. The van der Waals surface area contributed by atoms with Crippen molar-refractivity contribution in [2.75, 3.05) is 32.7 Å². The Labute approximate surface area is 181 Å². The SMILES string of the molecule is CCNC(=NCC1(O)CCCC1)NCC(c1ccccc1)N1CCCC1.I. The summed E-state index contributed by atoms with van der Waals surface area (Å²) in [5.41, 5.74) is 0.753. The molecule has 27 heavy (non-hydrogen) atoms. The van der Waals surface area contributed by atoms with Gasteiger partial charge in [-0.25, -0.2) is 0 Å². The van der Waals surface area contributed by atoms with Gasteiger partial charge in [-0.3, -0.25) is 9.89 Å². The number of halogens is 1. The topological polar surface area (TPSA) is 59.9 Å². The normalized spacial score (nSPS) is 20.9. The van der Waals surface area contributed by atoms with E-state index in [9.17, 15) is 5.11 Å². The molecule has 3 N–H and O–H groups in total.